The van der Waals surface area contributed by atoms with Crippen LogP contribution in [0.1, 0.15) is 12.0 Å². The second kappa shape index (κ2) is 5.37. The van der Waals surface area contributed by atoms with Crippen LogP contribution in [-0.2, 0) is 11.2 Å². The van der Waals surface area contributed by atoms with E-state index in [0.717, 1.165) is 35.9 Å². The quantitative estimate of drug-likeness (QED) is 0.821. The number of fused-ring (bicyclic) bond motifs is 1. The summed E-state index contributed by atoms with van der Waals surface area (Å²) in [5.74, 6) is 0.332. The Kier molecular flexibility index (Phi) is 3.42. The van der Waals surface area contributed by atoms with E-state index in [-0.39, 0.29) is 11.7 Å². The first-order valence-corrected chi connectivity index (χ1v) is 6.89. The number of carbonyl (C=O) groups excluding carboxylic acids is 1. The number of aromatic hydroxyl groups is 1. The molecule has 0 amide bonds. The summed E-state index contributed by atoms with van der Waals surface area (Å²) in [7, 11) is 0. The van der Waals surface area contributed by atoms with Gasteiger partial charge in [-0.15, -0.1) is 0 Å². The summed E-state index contributed by atoms with van der Waals surface area (Å²) in [6.07, 6.45) is 2.78. The smallest absolute Gasteiger partial charge is 0.124 e. The van der Waals surface area contributed by atoms with Crippen molar-refractivity contribution in [3.05, 3.63) is 48.0 Å². The Hall–Kier alpha value is -2.29. The van der Waals surface area contributed by atoms with Gasteiger partial charge in [0, 0.05) is 29.3 Å². The van der Waals surface area contributed by atoms with Crippen LogP contribution in [0.3, 0.4) is 0 Å². The lowest BCUT2D eigenvalue weighted by Gasteiger charge is -2.15. The average molecular weight is 267 g/mol. The van der Waals surface area contributed by atoms with Crippen molar-refractivity contribution >= 4 is 12.0 Å². The van der Waals surface area contributed by atoms with Gasteiger partial charge in [-0.25, -0.2) is 0 Å². The number of hydrogen-bond donors (Lipinski definition) is 2. The van der Waals surface area contributed by atoms with Gasteiger partial charge in [0.15, 0.2) is 0 Å². The molecule has 3 rings (SSSR count). The number of benzene rings is 2. The lowest BCUT2D eigenvalue weighted by molar-refractivity contribution is -0.110. The van der Waals surface area contributed by atoms with Crippen LogP contribution < -0.4 is 5.32 Å². The SMILES string of the molecule is O=CC1CCc2cccc(-c3ccccc3O)c2NC1. The fraction of sp³-hybridized carbons (Fsp3) is 0.235. The van der Waals surface area contributed by atoms with Crippen LogP contribution in [0.2, 0.25) is 0 Å². The summed E-state index contributed by atoms with van der Waals surface area (Å²) >= 11 is 0. The molecule has 1 unspecified atom stereocenters. The van der Waals surface area contributed by atoms with Crippen molar-refractivity contribution in [2.45, 2.75) is 12.8 Å². The molecule has 0 saturated carbocycles. The highest BCUT2D eigenvalue weighted by atomic mass is 16.3. The summed E-state index contributed by atoms with van der Waals surface area (Å²) in [5.41, 5.74) is 4.06. The van der Waals surface area contributed by atoms with E-state index >= 15 is 0 Å². The van der Waals surface area contributed by atoms with Crippen LogP contribution >= 0.6 is 0 Å². The number of hydrogen-bond acceptors (Lipinski definition) is 3. The average Bonchev–Trinajstić information content (AvgIpc) is 2.70. The molecule has 1 atom stereocenters. The molecule has 102 valence electrons. The summed E-state index contributed by atoms with van der Waals surface area (Å²) in [4.78, 5) is 11.0. The van der Waals surface area contributed by atoms with Gasteiger partial charge in [-0.05, 0) is 24.5 Å². The Morgan fingerprint density at radius 1 is 1.10 bits per heavy atom. The lowest BCUT2D eigenvalue weighted by Crippen LogP contribution is -2.13. The van der Waals surface area contributed by atoms with Gasteiger partial charge in [0.2, 0.25) is 0 Å². The third-order valence-electron chi connectivity index (χ3n) is 3.86. The molecular formula is C17H17NO2. The summed E-state index contributed by atoms with van der Waals surface area (Å²) in [5, 5.41) is 13.4. The molecule has 0 fully saturated rings. The summed E-state index contributed by atoms with van der Waals surface area (Å²) < 4.78 is 0. The number of rotatable bonds is 2. The molecule has 1 aliphatic heterocycles. The highest BCUT2D eigenvalue weighted by molar-refractivity contribution is 5.83. The van der Waals surface area contributed by atoms with Gasteiger partial charge in [0.1, 0.15) is 12.0 Å². The second-order valence-electron chi connectivity index (χ2n) is 5.17. The molecule has 0 spiro atoms. The van der Waals surface area contributed by atoms with Gasteiger partial charge in [-0.1, -0.05) is 36.4 Å². The number of aldehydes is 1. The Labute approximate surface area is 118 Å². The fourth-order valence-electron chi connectivity index (χ4n) is 2.74. The van der Waals surface area contributed by atoms with E-state index in [1.807, 2.05) is 30.3 Å². The molecule has 2 aromatic carbocycles. The first-order valence-electron chi connectivity index (χ1n) is 6.89. The number of aryl methyl sites for hydroxylation is 1. The largest absolute Gasteiger partial charge is 0.507 e. The Balaban J connectivity index is 2.07. The number of carbonyl (C=O) groups is 1. The molecule has 1 aliphatic rings. The third kappa shape index (κ3) is 2.27. The van der Waals surface area contributed by atoms with Crippen molar-refractivity contribution in [3.63, 3.8) is 0 Å². The molecule has 0 radical (unpaired) electrons. The zero-order chi connectivity index (χ0) is 13.9. The van der Waals surface area contributed by atoms with E-state index in [1.54, 1.807) is 6.07 Å². The fourth-order valence-corrected chi connectivity index (χ4v) is 2.74. The Morgan fingerprint density at radius 2 is 1.90 bits per heavy atom. The maximum atomic E-state index is 11.0. The number of phenolic OH excluding ortho intramolecular Hbond substituents is 1. The van der Waals surface area contributed by atoms with Crippen molar-refractivity contribution in [1.82, 2.24) is 0 Å². The molecule has 2 N–H and O–H groups in total. The van der Waals surface area contributed by atoms with Gasteiger partial charge in [0.25, 0.3) is 0 Å². The van der Waals surface area contributed by atoms with Crippen LogP contribution in [0, 0.1) is 5.92 Å². The normalized spacial score (nSPS) is 17.7. The van der Waals surface area contributed by atoms with Crippen LogP contribution in [0.5, 0.6) is 5.75 Å². The molecular weight excluding hydrogens is 250 g/mol. The van der Waals surface area contributed by atoms with Gasteiger partial charge in [-0.2, -0.15) is 0 Å². The topological polar surface area (TPSA) is 49.3 Å². The molecule has 0 aromatic heterocycles. The molecule has 0 aliphatic carbocycles. The van der Waals surface area contributed by atoms with Crippen LogP contribution in [0.15, 0.2) is 42.5 Å². The number of anilines is 1. The number of nitrogens with one attached hydrogen (secondary N) is 1. The van der Waals surface area contributed by atoms with E-state index in [4.69, 9.17) is 0 Å². The van der Waals surface area contributed by atoms with Gasteiger partial charge in [0.05, 0.1) is 0 Å². The minimum atomic E-state index is 0.0552. The predicted molar refractivity (Wildman–Crippen MR) is 79.9 cm³/mol. The van der Waals surface area contributed by atoms with Gasteiger partial charge >= 0.3 is 0 Å². The Bertz CT molecular complexity index is 637. The first kappa shape index (κ1) is 12.7. The maximum Gasteiger partial charge on any atom is 0.124 e. The van der Waals surface area contributed by atoms with Crippen molar-refractivity contribution < 1.29 is 9.90 Å². The molecule has 20 heavy (non-hydrogen) atoms. The predicted octanol–water partition coefficient (Wildman–Crippen LogP) is 3.23. The lowest BCUT2D eigenvalue weighted by atomic mass is 9.97. The van der Waals surface area contributed by atoms with E-state index < -0.39 is 0 Å². The van der Waals surface area contributed by atoms with E-state index in [9.17, 15) is 9.90 Å². The van der Waals surface area contributed by atoms with Crippen LogP contribution in [0.4, 0.5) is 5.69 Å². The minimum Gasteiger partial charge on any atom is -0.507 e. The highest BCUT2D eigenvalue weighted by Gasteiger charge is 2.18. The van der Waals surface area contributed by atoms with Gasteiger partial charge < -0.3 is 15.2 Å². The monoisotopic (exact) mass is 267 g/mol. The summed E-state index contributed by atoms with van der Waals surface area (Å²) in [6, 6.07) is 13.4. The molecule has 0 saturated heterocycles. The zero-order valence-electron chi connectivity index (χ0n) is 11.2. The number of phenols is 1. The Morgan fingerprint density at radius 3 is 2.70 bits per heavy atom. The molecule has 3 nitrogen and oxygen atoms in total. The zero-order valence-corrected chi connectivity index (χ0v) is 11.2. The maximum absolute atomic E-state index is 11.0. The van der Waals surface area contributed by atoms with Crippen molar-refractivity contribution in [1.29, 1.82) is 0 Å². The second-order valence-corrected chi connectivity index (χ2v) is 5.17. The molecule has 1 heterocycles. The van der Waals surface area contributed by atoms with Crippen LogP contribution in [-0.4, -0.2) is 17.9 Å². The first-order chi connectivity index (χ1) is 9.79. The molecule has 2 aromatic rings. The third-order valence-corrected chi connectivity index (χ3v) is 3.86. The number of para-hydroxylation sites is 2. The van der Waals surface area contributed by atoms with Gasteiger partial charge in [-0.3, -0.25) is 0 Å². The molecule has 3 heteroatoms. The van der Waals surface area contributed by atoms with E-state index in [0.29, 0.717) is 6.54 Å². The van der Waals surface area contributed by atoms with Crippen molar-refractivity contribution in [3.8, 4) is 16.9 Å². The minimum absolute atomic E-state index is 0.0552. The van der Waals surface area contributed by atoms with Crippen LogP contribution in [0.25, 0.3) is 11.1 Å². The highest BCUT2D eigenvalue weighted by Crippen LogP contribution is 2.37. The van der Waals surface area contributed by atoms with Crippen molar-refractivity contribution in [2.24, 2.45) is 5.92 Å². The van der Waals surface area contributed by atoms with E-state index in [2.05, 4.69) is 11.4 Å². The van der Waals surface area contributed by atoms with E-state index in [1.165, 1.54) is 5.56 Å². The molecule has 0 bridgehead atoms. The summed E-state index contributed by atoms with van der Waals surface area (Å²) in [6.45, 7) is 0.654. The van der Waals surface area contributed by atoms with Crippen molar-refractivity contribution in [2.75, 3.05) is 11.9 Å². The standard InChI is InChI=1S/C17H17NO2/c19-11-12-8-9-13-4-3-6-15(17(13)18-10-12)14-5-1-2-7-16(14)20/h1-7,11-12,18,20H,8-10H2.